The Kier molecular flexibility index (Phi) is 6.62. The van der Waals surface area contributed by atoms with E-state index in [2.05, 4.69) is 4.90 Å². The van der Waals surface area contributed by atoms with Crippen molar-refractivity contribution in [2.45, 2.75) is 24.9 Å². The summed E-state index contributed by atoms with van der Waals surface area (Å²) in [6.45, 7) is 1.28. The quantitative estimate of drug-likeness (QED) is 0.263. The molecule has 0 atom stereocenters. The summed E-state index contributed by atoms with van der Waals surface area (Å²) in [6, 6.07) is 22.0. The second kappa shape index (κ2) is 10.0. The van der Waals surface area contributed by atoms with Crippen LogP contribution in [0.3, 0.4) is 0 Å². The lowest BCUT2D eigenvalue weighted by Crippen LogP contribution is -2.29. The molecule has 41 heavy (non-hydrogen) atoms. The van der Waals surface area contributed by atoms with Crippen molar-refractivity contribution in [1.82, 2.24) is 13.4 Å². The average Bonchev–Trinajstić information content (AvgIpc) is 3.26. The van der Waals surface area contributed by atoms with Crippen LogP contribution in [0.5, 0.6) is 0 Å². The minimum atomic E-state index is -4.44. The van der Waals surface area contributed by atoms with E-state index in [0.717, 1.165) is 35.3 Å². The molecule has 210 valence electrons. The molecule has 0 fully saturated rings. The van der Waals surface area contributed by atoms with E-state index in [-0.39, 0.29) is 5.75 Å². The van der Waals surface area contributed by atoms with Crippen LogP contribution in [-0.4, -0.2) is 35.4 Å². The number of pyridine rings is 1. The van der Waals surface area contributed by atoms with Gasteiger partial charge in [0.15, 0.2) is 0 Å². The Morgan fingerprint density at radius 2 is 1.61 bits per heavy atom. The molecule has 0 bridgehead atoms. The molecule has 0 radical (unpaired) electrons. The molecule has 3 heterocycles. The van der Waals surface area contributed by atoms with E-state index in [1.165, 1.54) is 26.7 Å². The third-order valence-corrected chi connectivity index (χ3v) is 9.17. The zero-order chi connectivity index (χ0) is 28.9. The molecule has 0 amide bonds. The van der Waals surface area contributed by atoms with Gasteiger partial charge in [0.25, 0.3) is 5.56 Å². The van der Waals surface area contributed by atoms with E-state index in [1.54, 1.807) is 48.7 Å². The van der Waals surface area contributed by atoms with E-state index >= 15 is 0 Å². The number of hydrogen-bond donors (Lipinski definition) is 0. The monoisotopic (exact) mass is 577 g/mol. The zero-order valence-corrected chi connectivity index (χ0v) is 22.9. The molecule has 6 nitrogen and oxygen atoms in total. The number of benzene rings is 3. The molecule has 1 aliphatic rings. The maximum atomic E-state index is 13.9. The van der Waals surface area contributed by atoms with Gasteiger partial charge >= 0.3 is 6.18 Å². The first-order valence-corrected chi connectivity index (χ1v) is 14.6. The van der Waals surface area contributed by atoms with Gasteiger partial charge < -0.3 is 4.90 Å². The summed E-state index contributed by atoms with van der Waals surface area (Å²) in [5.41, 5.74) is 3.21. The zero-order valence-electron chi connectivity index (χ0n) is 22.1. The maximum Gasteiger partial charge on any atom is 0.416 e. The van der Waals surface area contributed by atoms with Crippen molar-refractivity contribution >= 4 is 20.9 Å². The van der Waals surface area contributed by atoms with Crippen LogP contribution in [0.2, 0.25) is 0 Å². The lowest BCUT2D eigenvalue weighted by Gasteiger charge is -2.24. The summed E-state index contributed by atoms with van der Waals surface area (Å²) in [4.78, 5) is 15.3. The Balaban J connectivity index is 1.44. The van der Waals surface area contributed by atoms with Crippen LogP contribution < -0.4 is 5.56 Å². The largest absolute Gasteiger partial charge is 0.416 e. The third kappa shape index (κ3) is 5.09. The number of nitrogens with zero attached hydrogens (tertiary/aromatic N) is 3. The highest BCUT2D eigenvalue weighted by molar-refractivity contribution is 7.89. The van der Waals surface area contributed by atoms with Crippen molar-refractivity contribution in [3.63, 3.8) is 0 Å². The molecule has 2 aromatic heterocycles. The van der Waals surface area contributed by atoms with Gasteiger partial charge in [-0.3, -0.25) is 9.36 Å². The van der Waals surface area contributed by atoms with Crippen LogP contribution in [0, 0.1) is 0 Å². The molecule has 6 rings (SSSR count). The fourth-order valence-electron chi connectivity index (χ4n) is 5.48. The Bertz CT molecular complexity index is 1930. The number of halogens is 3. The standard InChI is InChI=1S/C31H26F3N3O3S/c1-35-15-14-27-26-12-11-25(18-28(26)37(29(27)19-35)41(39,40)20-21-5-3-2-4-6-21)36-16-13-23(17-30(36)38)22-7-9-24(10-8-22)31(32,33)34/h2-13,16-18H,14-15,19-20H2,1H3. The molecular weight excluding hydrogens is 551 g/mol. The summed E-state index contributed by atoms with van der Waals surface area (Å²) < 4.78 is 69.4. The fraction of sp³-hybridized carbons (Fsp3) is 0.194. The van der Waals surface area contributed by atoms with Gasteiger partial charge in [0.1, 0.15) is 0 Å². The van der Waals surface area contributed by atoms with Crippen LogP contribution >= 0.6 is 0 Å². The normalized spacial score (nSPS) is 14.3. The summed E-state index contributed by atoms with van der Waals surface area (Å²) >= 11 is 0. The number of aromatic nitrogens is 2. The lowest BCUT2D eigenvalue weighted by molar-refractivity contribution is -0.137. The Morgan fingerprint density at radius 1 is 0.878 bits per heavy atom. The molecule has 0 unspecified atom stereocenters. The number of fused-ring (bicyclic) bond motifs is 3. The van der Waals surface area contributed by atoms with E-state index in [9.17, 15) is 26.4 Å². The number of alkyl halides is 3. The van der Waals surface area contributed by atoms with Gasteiger partial charge in [0.2, 0.25) is 10.0 Å². The second-order valence-corrected chi connectivity index (χ2v) is 12.1. The Hall–Kier alpha value is -4.15. The summed E-state index contributed by atoms with van der Waals surface area (Å²) in [5.74, 6) is -0.167. The van der Waals surface area contributed by atoms with E-state index < -0.39 is 27.3 Å². The van der Waals surface area contributed by atoms with Crippen LogP contribution in [-0.2, 0) is 34.9 Å². The first-order chi connectivity index (χ1) is 19.5. The van der Waals surface area contributed by atoms with Crippen LogP contribution in [0.15, 0.2) is 95.9 Å². The van der Waals surface area contributed by atoms with Gasteiger partial charge in [-0.1, -0.05) is 48.5 Å². The molecule has 0 N–H and O–H groups in total. The smallest absolute Gasteiger partial charge is 0.300 e. The first-order valence-electron chi connectivity index (χ1n) is 13.0. The lowest BCUT2D eigenvalue weighted by atomic mass is 10.0. The summed E-state index contributed by atoms with van der Waals surface area (Å²) in [7, 11) is -1.85. The fourth-order valence-corrected chi connectivity index (χ4v) is 7.18. The Morgan fingerprint density at radius 3 is 2.29 bits per heavy atom. The van der Waals surface area contributed by atoms with Gasteiger partial charge in [-0.25, -0.2) is 12.4 Å². The topological polar surface area (TPSA) is 64.3 Å². The third-order valence-electron chi connectivity index (χ3n) is 7.50. The minimum absolute atomic E-state index is 0.167. The van der Waals surface area contributed by atoms with Crippen molar-refractivity contribution in [3.05, 3.63) is 124 Å². The van der Waals surface area contributed by atoms with Crippen LogP contribution in [0.1, 0.15) is 22.4 Å². The van der Waals surface area contributed by atoms with Crippen LogP contribution in [0.25, 0.3) is 27.7 Å². The van der Waals surface area contributed by atoms with Gasteiger partial charge in [0, 0.05) is 30.7 Å². The van der Waals surface area contributed by atoms with Gasteiger partial charge in [-0.05, 0) is 66.1 Å². The number of rotatable bonds is 5. The minimum Gasteiger partial charge on any atom is -0.300 e. The van der Waals surface area contributed by atoms with Gasteiger partial charge in [0.05, 0.1) is 28.2 Å². The van der Waals surface area contributed by atoms with E-state index in [1.807, 2.05) is 19.2 Å². The Labute approximate surface area is 234 Å². The molecule has 0 saturated carbocycles. The molecule has 0 spiro atoms. The highest BCUT2D eigenvalue weighted by Crippen LogP contribution is 2.34. The van der Waals surface area contributed by atoms with Crippen molar-refractivity contribution in [2.24, 2.45) is 0 Å². The molecule has 10 heteroatoms. The van der Waals surface area contributed by atoms with Crippen molar-refractivity contribution < 1.29 is 21.6 Å². The highest BCUT2D eigenvalue weighted by Gasteiger charge is 2.30. The number of likely N-dealkylation sites (N-methyl/N-ethyl adjacent to an activating group) is 1. The SMILES string of the molecule is CN1CCc2c(n(S(=O)(=O)Cc3ccccc3)c3cc(-n4ccc(-c5ccc(C(F)(F)F)cc5)cc4=O)ccc23)C1. The average molecular weight is 578 g/mol. The van der Waals surface area contributed by atoms with E-state index in [0.29, 0.717) is 40.9 Å². The predicted molar refractivity (Wildman–Crippen MR) is 152 cm³/mol. The highest BCUT2D eigenvalue weighted by atomic mass is 32.2. The predicted octanol–water partition coefficient (Wildman–Crippen LogP) is 5.84. The second-order valence-electron chi connectivity index (χ2n) is 10.3. The van der Waals surface area contributed by atoms with Gasteiger partial charge in [-0.2, -0.15) is 13.2 Å². The van der Waals surface area contributed by atoms with Gasteiger partial charge in [-0.15, -0.1) is 0 Å². The number of hydrogen-bond acceptors (Lipinski definition) is 4. The molecule has 5 aromatic rings. The van der Waals surface area contributed by atoms with Crippen molar-refractivity contribution in [1.29, 1.82) is 0 Å². The van der Waals surface area contributed by atoms with E-state index in [4.69, 9.17) is 0 Å². The molecule has 0 saturated heterocycles. The molecular formula is C31H26F3N3O3S. The molecule has 0 aliphatic carbocycles. The molecule has 1 aliphatic heterocycles. The van der Waals surface area contributed by atoms with Crippen LogP contribution in [0.4, 0.5) is 13.2 Å². The summed E-state index contributed by atoms with van der Waals surface area (Å²) in [6.07, 6.45) is -2.19. The van der Waals surface area contributed by atoms with Crippen molar-refractivity contribution in [2.75, 3.05) is 13.6 Å². The van der Waals surface area contributed by atoms with Crippen molar-refractivity contribution in [3.8, 4) is 16.8 Å². The summed E-state index contributed by atoms with van der Waals surface area (Å²) in [5, 5.41) is 0.836. The maximum absolute atomic E-state index is 13.9. The first kappa shape index (κ1) is 27.0. The molecule has 3 aromatic carbocycles.